The van der Waals surface area contributed by atoms with Gasteiger partial charge in [0, 0.05) is 6.04 Å². The molecule has 0 radical (unpaired) electrons. The Balaban J connectivity index is 1.75. The Hall–Kier alpha value is -0.0400. The molecule has 1 heteroatoms. The summed E-state index contributed by atoms with van der Waals surface area (Å²) in [5.74, 6) is 2.23. The molecule has 1 aliphatic carbocycles. The molecule has 1 saturated carbocycles. The van der Waals surface area contributed by atoms with Crippen molar-refractivity contribution in [1.29, 1.82) is 0 Å². The van der Waals surface area contributed by atoms with Crippen molar-refractivity contribution in [3.05, 3.63) is 0 Å². The molecule has 2 N–H and O–H groups in total. The molecule has 0 spiro atoms. The van der Waals surface area contributed by atoms with Gasteiger partial charge in [0.1, 0.15) is 0 Å². The standard InChI is InChI=1S/C28H57N/c1-3-5-7-9-11-15-19-23-28(29)24-20-16-12-14-18-22-27-25-26(27)21-17-13-10-8-6-4-2/h26-28H,3-25,29H2,1-2H3/t26-,27+,28?/m1/s1. The van der Waals surface area contributed by atoms with Gasteiger partial charge in [-0.15, -0.1) is 0 Å². The van der Waals surface area contributed by atoms with Gasteiger partial charge in [-0.3, -0.25) is 0 Å². The number of rotatable bonds is 23. The first-order valence-electron chi connectivity index (χ1n) is 14.0. The lowest BCUT2D eigenvalue weighted by atomic mass is 10.00. The Labute approximate surface area is 185 Å². The van der Waals surface area contributed by atoms with Crippen LogP contribution in [0.1, 0.15) is 162 Å². The van der Waals surface area contributed by atoms with Crippen molar-refractivity contribution in [2.75, 3.05) is 0 Å². The Morgan fingerprint density at radius 2 is 0.862 bits per heavy atom. The minimum absolute atomic E-state index is 0.472. The molecule has 0 aromatic carbocycles. The van der Waals surface area contributed by atoms with Crippen molar-refractivity contribution in [2.24, 2.45) is 17.6 Å². The Morgan fingerprint density at radius 1 is 0.517 bits per heavy atom. The van der Waals surface area contributed by atoms with E-state index in [-0.39, 0.29) is 0 Å². The summed E-state index contributed by atoms with van der Waals surface area (Å²) in [5, 5.41) is 0. The van der Waals surface area contributed by atoms with Crippen LogP contribution in [-0.4, -0.2) is 6.04 Å². The number of unbranched alkanes of at least 4 members (excludes halogenated alkanes) is 15. The van der Waals surface area contributed by atoms with E-state index in [0.717, 1.165) is 11.8 Å². The summed E-state index contributed by atoms with van der Waals surface area (Å²) in [6.45, 7) is 4.60. The monoisotopic (exact) mass is 407 g/mol. The third kappa shape index (κ3) is 17.3. The van der Waals surface area contributed by atoms with Gasteiger partial charge in [0.25, 0.3) is 0 Å². The van der Waals surface area contributed by atoms with Gasteiger partial charge in [-0.2, -0.15) is 0 Å². The molecule has 1 fully saturated rings. The second-order valence-corrected chi connectivity index (χ2v) is 10.3. The predicted molar refractivity (Wildman–Crippen MR) is 132 cm³/mol. The summed E-state index contributed by atoms with van der Waals surface area (Å²) in [6.07, 6.45) is 32.9. The third-order valence-electron chi connectivity index (χ3n) is 7.33. The summed E-state index contributed by atoms with van der Waals surface area (Å²) in [5.41, 5.74) is 6.31. The topological polar surface area (TPSA) is 26.0 Å². The van der Waals surface area contributed by atoms with Gasteiger partial charge in [-0.1, -0.05) is 142 Å². The number of hydrogen-bond acceptors (Lipinski definition) is 1. The summed E-state index contributed by atoms with van der Waals surface area (Å²) in [6, 6.07) is 0.472. The van der Waals surface area contributed by atoms with Gasteiger partial charge in [-0.25, -0.2) is 0 Å². The molecule has 0 heterocycles. The van der Waals surface area contributed by atoms with E-state index in [1.807, 2.05) is 0 Å². The van der Waals surface area contributed by atoms with Crippen LogP contribution in [0.25, 0.3) is 0 Å². The summed E-state index contributed by atoms with van der Waals surface area (Å²) in [4.78, 5) is 0. The zero-order valence-electron chi connectivity index (χ0n) is 20.6. The first kappa shape index (κ1) is 27.0. The van der Waals surface area contributed by atoms with Crippen molar-refractivity contribution < 1.29 is 0 Å². The van der Waals surface area contributed by atoms with Crippen molar-refractivity contribution in [3.8, 4) is 0 Å². The second-order valence-electron chi connectivity index (χ2n) is 10.3. The fraction of sp³-hybridized carbons (Fsp3) is 1.00. The van der Waals surface area contributed by atoms with Crippen LogP contribution >= 0.6 is 0 Å². The summed E-state index contributed by atoms with van der Waals surface area (Å²) < 4.78 is 0. The SMILES string of the molecule is CCCCCCCCCC(N)CCCCCCC[C@H]1C[C@H]1CCCCCCCC. The van der Waals surface area contributed by atoms with Crippen molar-refractivity contribution >= 4 is 0 Å². The maximum atomic E-state index is 6.31. The van der Waals surface area contributed by atoms with Crippen molar-refractivity contribution in [1.82, 2.24) is 0 Å². The highest BCUT2D eigenvalue weighted by molar-refractivity contribution is 4.85. The van der Waals surface area contributed by atoms with Crippen LogP contribution in [0, 0.1) is 11.8 Å². The van der Waals surface area contributed by atoms with Gasteiger partial charge in [-0.05, 0) is 31.1 Å². The Kier molecular flexibility index (Phi) is 18.5. The van der Waals surface area contributed by atoms with Crippen LogP contribution in [0.5, 0.6) is 0 Å². The fourth-order valence-corrected chi connectivity index (χ4v) is 5.06. The minimum Gasteiger partial charge on any atom is -0.328 e. The molecular formula is C28H57N. The molecule has 0 aliphatic heterocycles. The van der Waals surface area contributed by atoms with Crippen molar-refractivity contribution in [2.45, 2.75) is 168 Å². The maximum Gasteiger partial charge on any atom is 0.00388 e. The van der Waals surface area contributed by atoms with Crippen LogP contribution < -0.4 is 5.73 Å². The van der Waals surface area contributed by atoms with Crippen LogP contribution in [0.3, 0.4) is 0 Å². The van der Waals surface area contributed by atoms with E-state index in [0.29, 0.717) is 6.04 Å². The molecule has 174 valence electrons. The van der Waals surface area contributed by atoms with Crippen molar-refractivity contribution in [3.63, 3.8) is 0 Å². The van der Waals surface area contributed by atoms with Crippen LogP contribution in [-0.2, 0) is 0 Å². The molecule has 3 atom stereocenters. The smallest absolute Gasteiger partial charge is 0.00388 e. The zero-order valence-corrected chi connectivity index (χ0v) is 20.6. The van der Waals surface area contributed by atoms with Gasteiger partial charge in [0.05, 0.1) is 0 Å². The molecule has 1 unspecified atom stereocenters. The number of hydrogen-bond donors (Lipinski definition) is 1. The maximum absolute atomic E-state index is 6.31. The molecule has 0 amide bonds. The highest BCUT2D eigenvalue weighted by atomic mass is 14.6. The molecular weight excluding hydrogens is 350 g/mol. The molecule has 1 rings (SSSR count). The molecule has 1 nitrogen and oxygen atoms in total. The Morgan fingerprint density at radius 3 is 1.28 bits per heavy atom. The average molecular weight is 408 g/mol. The van der Waals surface area contributed by atoms with Crippen LogP contribution in [0.2, 0.25) is 0 Å². The normalized spacial score (nSPS) is 19.6. The van der Waals surface area contributed by atoms with Crippen LogP contribution in [0.4, 0.5) is 0 Å². The lowest BCUT2D eigenvalue weighted by Crippen LogP contribution is -2.19. The Bertz CT molecular complexity index is 320. The van der Waals surface area contributed by atoms with E-state index in [2.05, 4.69) is 13.8 Å². The highest BCUT2D eigenvalue weighted by Crippen LogP contribution is 2.45. The van der Waals surface area contributed by atoms with E-state index >= 15 is 0 Å². The average Bonchev–Trinajstić information content (AvgIpc) is 3.47. The van der Waals surface area contributed by atoms with E-state index < -0.39 is 0 Å². The molecule has 1 aliphatic rings. The van der Waals surface area contributed by atoms with E-state index in [4.69, 9.17) is 5.73 Å². The third-order valence-corrected chi connectivity index (χ3v) is 7.33. The van der Waals surface area contributed by atoms with Gasteiger partial charge in [0.15, 0.2) is 0 Å². The lowest BCUT2D eigenvalue weighted by molar-refractivity contribution is 0.477. The largest absolute Gasteiger partial charge is 0.328 e. The van der Waals surface area contributed by atoms with Gasteiger partial charge < -0.3 is 5.73 Å². The van der Waals surface area contributed by atoms with E-state index in [1.54, 1.807) is 6.42 Å². The summed E-state index contributed by atoms with van der Waals surface area (Å²) >= 11 is 0. The van der Waals surface area contributed by atoms with Crippen LogP contribution in [0.15, 0.2) is 0 Å². The molecule has 0 bridgehead atoms. The van der Waals surface area contributed by atoms with Gasteiger partial charge >= 0.3 is 0 Å². The zero-order chi connectivity index (χ0) is 21.0. The predicted octanol–water partition coefficient (Wildman–Crippen LogP) is 9.57. The van der Waals surface area contributed by atoms with Gasteiger partial charge in [0.2, 0.25) is 0 Å². The highest BCUT2D eigenvalue weighted by Gasteiger charge is 2.34. The molecule has 0 saturated heterocycles. The molecule has 0 aromatic heterocycles. The van der Waals surface area contributed by atoms with E-state index in [9.17, 15) is 0 Å². The molecule has 0 aromatic rings. The fourth-order valence-electron chi connectivity index (χ4n) is 5.06. The first-order chi connectivity index (χ1) is 14.3. The second kappa shape index (κ2) is 19.9. The molecule has 29 heavy (non-hydrogen) atoms. The first-order valence-corrected chi connectivity index (χ1v) is 14.0. The minimum atomic E-state index is 0.472. The quantitative estimate of drug-likeness (QED) is 0.168. The van der Waals surface area contributed by atoms with E-state index in [1.165, 1.54) is 141 Å². The summed E-state index contributed by atoms with van der Waals surface area (Å²) in [7, 11) is 0. The number of nitrogens with two attached hydrogens (primary N) is 1. The lowest BCUT2D eigenvalue weighted by Gasteiger charge is -2.11.